The van der Waals surface area contributed by atoms with Crippen molar-refractivity contribution in [2.24, 2.45) is 5.92 Å². The van der Waals surface area contributed by atoms with Gasteiger partial charge in [-0.05, 0) is 121 Å². The third-order valence-corrected chi connectivity index (χ3v) is 12.5. The van der Waals surface area contributed by atoms with Crippen LogP contribution in [0.4, 0.5) is 11.4 Å². The maximum Gasteiger partial charge on any atom is 0.569 e. The minimum atomic E-state index is -0.956. The van der Waals surface area contributed by atoms with Crippen LogP contribution in [0.1, 0.15) is 89.3 Å². The summed E-state index contributed by atoms with van der Waals surface area (Å²) in [6, 6.07) is 31.9. The number of carbonyl (C=O) groups is 4. The first kappa shape index (κ1) is 40.1. The average Bonchev–Trinajstić information content (AvgIpc) is 3.52. The SMILES string of the molecule is CC/C(=C(\c1ccc(O[B]O)cc1)c1ccc(N2CCN(CCCC3CCN(c4ccc5c(c4)C(=O)N(C4CCC(=O)NC4=O)C5=O)CC3)CC2)cc1)c1ccccc1. The molecule has 3 saturated heterocycles. The van der Waals surface area contributed by atoms with Crippen molar-refractivity contribution >= 4 is 53.8 Å². The number of fused-ring (bicyclic) bond motifs is 1. The van der Waals surface area contributed by atoms with Gasteiger partial charge in [0.2, 0.25) is 11.8 Å². The zero-order valence-corrected chi connectivity index (χ0v) is 33.6. The van der Waals surface area contributed by atoms with Crippen LogP contribution >= 0.6 is 0 Å². The molecule has 1 atom stereocenters. The van der Waals surface area contributed by atoms with Crippen molar-refractivity contribution in [2.75, 3.05) is 55.6 Å². The number of benzene rings is 4. The predicted octanol–water partition coefficient (Wildman–Crippen LogP) is 6.18. The number of imide groups is 2. The van der Waals surface area contributed by atoms with Gasteiger partial charge in [-0.15, -0.1) is 0 Å². The summed E-state index contributed by atoms with van der Waals surface area (Å²) in [6.07, 6.45) is 5.67. The molecule has 8 rings (SSSR count). The largest absolute Gasteiger partial charge is 0.569 e. The third kappa shape index (κ3) is 8.70. The summed E-state index contributed by atoms with van der Waals surface area (Å²) < 4.78 is 5.18. The maximum atomic E-state index is 13.3. The van der Waals surface area contributed by atoms with E-state index in [2.05, 4.69) is 87.6 Å². The summed E-state index contributed by atoms with van der Waals surface area (Å²) in [5.41, 5.74) is 8.75. The third-order valence-electron chi connectivity index (χ3n) is 12.5. The topological polar surface area (TPSA) is 123 Å². The summed E-state index contributed by atoms with van der Waals surface area (Å²) in [5, 5.41) is 11.4. The molecule has 12 heteroatoms. The molecule has 0 bridgehead atoms. The van der Waals surface area contributed by atoms with E-state index >= 15 is 0 Å². The molecule has 0 saturated carbocycles. The Kier molecular flexibility index (Phi) is 12.3. The van der Waals surface area contributed by atoms with Gasteiger partial charge in [-0.2, -0.15) is 0 Å². The van der Waals surface area contributed by atoms with Gasteiger partial charge in [0.15, 0.2) is 0 Å². The smallest absolute Gasteiger partial charge is 0.537 e. The summed E-state index contributed by atoms with van der Waals surface area (Å²) in [6.45, 7) is 9.17. The molecule has 0 aromatic heterocycles. The Morgan fingerprint density at radius 3 is 2.03 bits per heavy atom. The normalized spacial score (nSPS) is 19.4. The molecule has 4 aromatic rings. The van der Waals surface area contributed by atoms with Crippen molar-refractivity contribution in [2.45, 2.75) is 57.9 Å². The number of piperidine rings is 2. The number of nitrogens with one attached hydrogen (secondary N) is 1. The Hall–Kier alpha value is -5.72. The molecule has 0 spiro atoms. The predicted molar refractivity (Wildman–Crippen MR) is 230 cm³/mol. The fraction of sp³-hybridized carbons (Fsp3) is 0.362. The van der Waals surface area contributed by atoms with E-state index in [1.165, 1.54) is 40.8 Å². The molecule has 59 heavy (non-hydrogen) atoms. The van der Waals surface area contributed by atoms with Crippen LogP contribution in [0.15, 0.2) is 97.1 Å². The molecule has 303 valence electrons. The lowest BCUT2D eigenvalue weighted by Crippen LogP contribution is -2.54. The van der Waals surface area contributed by atoms with Crippen LogP contribution in [-0.4, -0.2) is 98.0 Å². The molecule has 4 aliphatic heterocycles. The van der Waals surface area contributed by atoms with Crippen LogP contribution in [0.3, 0.4) is 0 Å². The summed E-state index contributed by atoms with van der Waals surface area (Å²) in [7, 11) is 0.706. The van der Waals surface area contributed by atoms with Crippen LogP contribution in [0.25, 0.3) is 11.1 Å². The molecule has 1 unspecified atom stereocenters. The maximum absolute atomic E-state index is 13.3. The number of hydrogen-bond donors (Lipinski definition) is 2. The van der Waals surface area contributed by atoms with E-state index in [-0.39, 0.29) is 18.7 Å². The quantitative estimate of drug-likeness (QED) is 0.0929. The molecule has 2 N–H and O–H groups in total. The first-order chi connectivity index (χ1) is 28.8. The first-order valence-electron chi connectivity index (χ1n) is 21.0. The van der Waals surface area contributed by atoms with Gasteiger partial charge < -0.3 is 19.5 Å². The van der Waals surface area contributed by atoms with Crippen LogP contribution in [0.5, 0.6) is 5.75 Å². The van der Waals surface area contributed by atoms with Gasteiger partial charge in [-0.1, -0.05) is 61.5 Å². The minimum absolute atomic E-state index is 0.105. The van der Waals surface area contributed by atoms with E-state index in [1.54, 1.807) is 12.1 Å². The highest BCUT2D eigenvalue weighted by atomic mass is 16.5. The lowest BCUT2D eigenvalue weighted by Gasteiger charge is -2.37. The molecule has 4 heterocycles. The van der Waals surface area contributed by atoms with E-state index in [4.69, 9.17) is 9.68 Å². The molecule has 4 aromatic carbocycles. The van der Waals surface area contributed by atoms with E-state index in [0.717, 1.165) is 81.2 Å². The van der Waals surface area contributed by atoms with Crippen molar-refractivity contribution < 1.29 is 28.9 Å². The number of hydrogen-bond acceptors (Lipinski definition) is 9. The van der Waals surface area contributed by atoms with Crippen molar-refractivity contribution in [3.63, 3.8) is 0 Å². The van der Waals surface area contributed by atoms with Crippen molar-refractivity contribution in [1.29, 1.82) is 0 Å². The van der Waals surface area contributed by atoms with Crippen molar-refractivity contribution in [3.8, 4) is 5.75 Å². The highest BCUT2D eigenvalue weighted by Crippen LogP contribution is 2.37. The van der Waals surface area contributed by atoms with Gasteiger partial charge in [0.25, 0.3) is 11.8 Å². The van der Waals surface area contributed by atoms with Crippen LogP contribution in [0, 0.1) is 5.92 Å². The average molecular weight is 793 g/mol. The van der Waals surface area contributed by atoms with Gasteiger partial charge in [-0.25, -0.2) is 0 Å². The Bertz CT molecular complexity index is 2200. The standard InChI is InChI=1S/C47H51BN5O6/c1-2-39(33-8-4-3-5-9-33)44(35-12-17-38(18-13-35)59-48-58)34-10-14-36(15-11-34)52-29-27-50(28-30-52)24-6-7-32-22-25-51(26-23-32)37-16-19-40-41(31-37)47(57)53(46(40)56)42-20-21-43(54)49-45(42)55/h3-5,8-19,31-32,42,58H,2,6-7,20-30H2,1H3,(H,49,54,55)/b44-39+. The van der Waals surface area contributed by atoms with Gasteiger partial charge in [-0.3, -0.25) is 34.3 Å². The molecule has 4 aliphatic rings. The number of allylic oxidation sites excluding steroid dienone is 1. The molecule has 4 amide bonds. The molecule has 11 nitrogen and oxygen atoms in total. The highest BCUT2D eigenvalue weighted by Gasteiger charge is 2.44. The number of anilines is 2. The number of nitrogens with zero attached hydrogens (tertiary/aromatic N) is 4. The number of rotatable bonds is 13. The number of amides is 4. The Labute approximate surface area is 346 Å². The van der Waals surface area contributed by atoms with Crippen LogP contribution < -0.4 is 19.8 Å². The van der Waals surface area contributed by atoms with Gasteiger partial charge >= 0.3 is 7.69 Å². The summed E-state index contributed by atoms with van der Waals surface area (Å²) in [4.78, 5) is 59.0. The summed E-state index contributed by atoms with van der Waals surface area (Å²) >= 11 is 0. The molecular weight excluding hydrogens is 741 g/mol. The van der Waals surface area contributed by atoms with Crippen molar-refractivity contribution in [3.05, 3.63) is 125 Å². The molecule has 3 fully saturated rings. The summed E-state index contributed by atoms with van der Waals surface area (Å²) in [5.74, 6) is -0.663. The highest BCUT2D eigenvalue weighted by molar-refractivity contribution is 6.23. The Morgan fingerprint density at radius 1 is 0.729 bits per heavy atom. The fourth-order valence-corrected chi connectivity index (χ4v) is 9.25. The van der Waals surface area contributed by atoms with Crippen LogP contribution in [0.2, 0.25) is 0 Å². The number of carbonyl (C=O) groups excluding carboxylic acids is 4. The zero-order chi connectivity index (χ0) is 40.9. The molecule has 0 aliphatic carbocycles. The number of piperazine rings is 1. The van der Waals surface area contributed by atoms with E-state index in [9.17, 15) is 19.2 Å². The lowest BCUT2D eigenvalue weighted by atomic mass is 9.88. The Morgan fingerprint density at radius 2 is 1.37 bits per heavy atom. The van der Waals surface area contributed by atoms with E-state index < -0.39 is 23.8 Å². The first-order valence-corrected chi connectivity index (χ1v) is 21.0. The van der Waals surface area contributed by atoms with E-state index in [1.807, 2.05) is 24.3 Å². The zero-order valence-electron chi connectivity index (χ0n) is 33.6. The lowest BCUT2D eigenvalue weighted by molar-refractivity contribution is -0.136. The molecular formula is C47H51BN5O6. The Balaban J connectivity index is 0.813. The van der Waals surface area contributed by atoms with Gasteiger partial charge in [0.1, 0.15) is 11.8 Å². The van der Waals surface area contributed by atoms with Crippen molar-refractivity contribution in [1.82, 2.24) is 15.1 Å². The molecule has 1 radical (unpaired) electrons. The fourth-order valence-electron chi connectivity index (χ4n) is 9.25. The minimum Gasteiger partial charge on any atom is -0.537 e. The second kappa shape index (κ2) is 18.1. The van der Waals surface area contributed by atoms with Gasteiger partial charge in [0.05, 0.1) is 11.1 Å². The van der Waals surface area contributed by atoms with Gasteiger partial charge in [0, 0.05) is 57.1 Å². The monoisotopic (exact) mass is 792 g/mol. The second-order valence-electron chi connectivity index (χ2n) is 15.9. The van der Waals surface area contributed by atoms with Crippen LogP contribution in [-0.2, 0) is 9.59 Å². The van der Waals surface area contributed by atoms with E-state index in [0.29, 0.717) is 30.5 Å². The second-order valence-corrected chi connectivity index (χ2v) is 15.9.